The lowest BCUT2D eigenvalue weighted by atomic mass is 10.1. The molecule has 0 radical (unpaired) electrons. The lowest BCUT2D eigenvalue weighted by Crippen LogP contribution is -1.99. The Kier molecular flexibility index (Phi) is 2.66. The van der Waals surface area contributed by atoms with Gasteiger partial charge in [-0.05, 0) is 19.1 Å². The van der Waals surface area contributed by atoms with Gasteiger partial charge in [-0.2, -0.15) is 0 Å². The van der Waals surface area contributed by atoms with Crippen LogP contribution in [0.15, 0.2) is 24.3 Å². The van der Waals surface area contributed by atoms with Gasteiger partial charge >= 0.3 is 0 Å². The third-order valence-corrected chi connectivity index (χ3v) is 2.61. The fourth-order valence-corrected chi connectivity index (χ4v) is 1.62. The molecule has 0 aliphatic carbocycles. The smallest absolute Gasteiger partial charge is 0.220 e. The summed E-state index contributed by atoms with van der Waals surface area (Å²) in [4.78, 5) is 8.02. The van der Waals surface area contributed by atoms with Crippen LogP contribution >= 0.6 is 11.6 Å². The first-order valence-electron chi connectivity index (χ1n) is 4.67. The normalized spacial score (nSPS) is 10.4. The summed E-state index contributed by atoms with van der Waals surface area (Å²) in [7, 11) is 0. The lowest BCUT2D eigenvalue weighted by molar-refractivity contribution is 0.475. The quantitative estimate of drug-likeness (QED) is 0.796. The highest BCUT2D eigenvalue weighted by Gasteiger charge is 2.10. The molecule has 2 rings (SSSR count). The number of anilines is 1. The minimum Gasteiger partial charge on any atom is -0.508 e. The molecule has 82 valence electrons. The molecule has 0 saturated heterocycles. The van der Waals surface area contributed by atoms with Gasteiger partial charge in [0.15, 0.2) is 0 Å². The molecule has 4 nitrogen and oxygen atoms in total. The molecule has 0 unspecified atom stereocenters. The van der Waals surface area contributed by atoms with Gasteiger partial charge in [-0.15, -0.1) is 0 Å². The highest BCUT2D eigenvalue weighted by molar-refractivity contribution is 6.33. The van der Waals surface area contributed by atoms with Crippen LogP contribution in [0.5, 0.6) is 5.75 Å². The van der Waals surface area contributed by atoms with Crippen molar-refractivity contribution in [2.24, 2.45) is 0 Å². The van der Waals surface area contributed by atoms with E-state index in [4.69, 9.17) is 17.3 Å². The maximum absolute atomic E-state index is 9.39. The highest BCUT2D eigenvalue weighted by Crippen LogP contribution is 2.29. The predicted molar refractivity (Wildman–Crippen MR) is 63.3 cm³/mol. The first kappa shape index (κ1) is 10.7. The Labute approximate surface area is 97.7 Å². The molecule has 0 saturated carbocycles. The number of nitrogens with zero attached hydrogens (tertiary/aromatic N) is 2. The summed E-state index contributed by atoms with van der Waals surface area (Å²) >= 11 is 6.09. The molecule has 0 atom stereocenters. The summed E-state index contributed by atoms with van der Waals surface area (Å²) in [5, 5.41) is 9.83. The number of aromatic hydroxyl groups is 1. The van der Waals surface area contributed by atoms with Crippen molar-refractivity contribution in [1.29, 1.82) is 0 Å². The van der Waals surface area contributed by atoms with Gasteiger partial charge in [-0.1, -0.05) is 23.7 Å². The molecule has 0 bridgehead atoms. The zero-order valence-electron chi connectivity index (χ0n) is 8.61. The molecule has 1 aromatic carbocycles. The number of nitrogens with two attached hydrogens (primary N) is 1. The van der Waals surface area contributed by atoms with Gasteiger partial charge in [0.05, 0.1) is 16.4 Å². The van der Waals surface area contributed by atoms with Gasteiger partial charge in [-0.25, -0.2) is 9.97 Å². The number of aromatic nitrogens is 2. The average Bonchev–Trinajstić information content (AvgIpc) is 2.23. The first-order valence-corrected chi connectivity index (χ1v) is 5.05. The van der Waals surface area contributed by atoms with Crippen molar-refractivity contribution >= 4 is 17.5 Å². The monoisotopic (exact) mass is 235 g/mol. The molecule has 1 aromatic heterocycles. The van der Waals surface area contributed by atoms with Crippen LogP contribution in [0.1, 0.15) is 5.69 Å². The maximum atomic E-state index is 9.39. The van der Waals surface area contributed by atoms with Crippen LogP contribution in [0.2, 0.25) is 5.02 Å². The van der Waals surface area contributed by atoms with E-state index in [0.29, 0.717) is 22.0 Å². The van der Waals surface area contributed by atoms with E-state index in [1.807, 2.05) is 0 Å². The van der Waals surface area contributed by atoms with E-state index < -0.39 is 0 Å². The zero-order chi connectivity index (χ0) is 11.7. The van der Waals surface area contributed by atoms with Crippen molar-refractivity contribution < 1.29 is 5.11 Å². The van der Waals surface area contributed by atoms with E-state index in [1.54, 1.807) is 31.2 Å². The van der Waals surface area contributed by atoms with Gasteiger partial charge in [0, 0.05) is 5.56 Å². The molecule has 0 spiro atoms. The van der Waals surface area contributed by atoms with E-state index in [2.05, 4.69) is 9.97 Å². The van der Waals surface area contributed by atoms with E-state index in [0.717, 1.165) is 0 Å². The summed E-state index contributed by atoms with van der Waals surface area (Å²) in [6, 6.07) is 6.67. The standard InChI is InChI=1S/C11H10ClN3O/c1-6-9(12)10(15-11(13)14-6)7-3-2-4-8(16)5-7/h2-5,16H,1H3,(H2,13,14,15). The van der Waals surface area contributed by atoms with Crippen molar-refractivity contribution in [3.8, 4) is 17.0 Å². The van der Waals surface area contributed by atoms with E-state index in [9.17, 15) is 5.11 Å². The van der Waals surface area contributed by atoms with Gasteiger partial charge in [0.25, 0.3) is 0 Å². The molecule has 0 aliphatic heterocycles. The van der Waals surface area contributed by atoms with Crippen LogP contribution in [0.25, 0.3) is 11.3 Å². The largest absolute Gasteiger partial charge is 0.508 e. The third-order valence-electron chi connectivity index (χ3n) is 2.15. The Morgan fingerprint density at radius 1 is 1.31 bits per heavy atom. The number of phenolic OH excluding ortho intramolecular Hbond substituents is 1. The average molecular weight is 236 g/mol. The van der Waals surface area contributed by atoms with E-state index in [1.165, 1.54) is 0 Å². The van der Waals surface area contributed by atoms with Crippen LogP contribution in [0.4, 0.5) is 5.95 Å². The number of rotatable bonds is 1. The highest BCUT2D eigenvalue weighted by atomic mass is 35.5. The second-order valence-corrected chi connectivity index (χ2v) is 3.76. The minimum absolute atomic E-state index is 0.156. The number of hydrogen-bond acceptors (Lipinski definition) is 4. The Morgan fingerprint density at radius 3 is 2.75 bits per heavy atom. The zero-order valence-corrected chi connectivity index (χ0v) is 9.36. The van der Waals surface area contributed by atoms with Crippen molar-refractivity contribution in [3.63, 3.8) is 0 Å². The Balaban J connectivity index is 2.64. The summed E-state index contributed by atoms with van der Waals surface area (Å²) in [5.74, 6) is 0.323. The molecule has 0 amide bonds. The number of aryl methyl sites for hydroxylation is 1. The minimum atomic E-state index is 0.156. The van der Waals surface area contributed by atoms with Crippen molar-refractivity contribution in [1.82, 2.24) is 9.97 Å². The summed E-state index contributed by atoms with van der Waals surface area (Å²) in [6.45, 7) is 1.76. The summed E-state index contributed by atoms with van der Waals surface area (Å²) in [6.07, 6.45) is 0. The number of nitrogen functional groups attached to an aromatic ring is 1. The lowest BCUT2D eigenvalue weighted by Gasteiger charge is -2.07. The second-order valence-electron chi connectivity index (χ2n) is 3.38. The fraction of sp³-hybridized carbons (Fsp3) is 0.0909. The van der Waals surface area contributed by atoms with Gasteiger partial charge in [-0.3, -0.25) is 0 Å². The van der Waals surface area contributed by atoms with Crippen molar-refractivity contribution in [2.45, 2.75) is 6.92 Å². The number of halogens is 1. The third kappa shape index (κ3) is 1.92. The molecular weight excluding hydrogens is 226 g/mol. The fourth-order valence-electron chi connectivity index (χ4n) is 1.43. The topological polar surface area (TPSA) is 72.0 Å². The van der Waals surface area contributed by atoms with E-state index in [-0.39, 0.29) is 11.7 Å². The molecular formula is C11H10ClN3O. The van der Waals surface area contributed by atoms with Crippen LogP contribution in [-0.2, 0) is 0 Å². The number of benzene rings is 1. The molecule has 0 aliphatic rings. The van der Waals surface area contributed by atoms with Crippen LogP contribution in [0.3, 0.4) is 0 Å². The molecule has 0 fully saturated rings. The Hall–Kier alpha value is -1.81. The molecule has 5 heteroatoms. The second kappa shape index (κ2) is 3.98. The first-order chi connectivity index (χ1) is 7.58. The van der Waals surface area contributed by atoms with Crippen molar-refractivity contribution in [3.05, 3.63) is 35.0 Å². The van der Waals surface area contributed by atoms with Crippen molar-refractivity contribution in [2.75, 3.05) is 5.73 Å². The van der Waals surface area contributed by atoms with Gasteiger partial charge < -0.3 is 10.8 Å². The number of phenols is 1. The number of hydrogen-bond donors (Lipinski definition) is 2. The van der Waals surface area contributed by atoms with Crippen LogP contribution < -0.4 is 5.73 Å². The van der Waals surface area contributed by atoms with Crippen LogP contribution in [0, 0.1) is 6.92 Å². The molecule has 3 N–H and O–H groups in total. The van der Waals surface area contributed by atoms with Gasteiger partial charge in [0.2, 0.25) is 5.95 Å². The predicted octanol–water partition coefficient (Wildman–Crippen LogP) is 2.39. The maximum Gasteiger partial charge on any atom is 0.220 e. The summed E-state index contributed by atoms with van der Waals surface area (Å²) < 4.78 is 0. The van der Waals surface area contributed by atoms with Crippen LogP contribution in [-0.4, -0.2) is 15.1 Å². The van der Waals surface area contributed by atoms with E-state index >= 15 is 0 Å². The van der Waals surface area contributed by atoms with Gasteiger partial charge in [0.1, 0.15) is 5.75 Å². The summed E-state index contributed by atoms with van der Waals surface area (Å²) in [5.41, 5.74) is 7.42. The molecule has 1 heterocycles. The SMILES string of the molecule is Cc1nc(N)nc(-c2cccc(O)c2)c1Cl. The Bertz CT molecular complexity index is 543. The Morgan fingerprint density at radius 2 is 2.06 bits per heavy atom. The molecule has 2 aromatic rings. The molecule has 16 heavy (non-hydrogen) atoms.